The van der Waals surface area contributed by atoms with Crippen LogP contribution in [-0.2, 0) is 7.05 Å². The highest BCUT2D eigenvalue weighted by molar-refractivity contribution is 5.99. The normalized spacial score (nSPS) is 16.9. The Kier molecular flexibility index (Phi) is 5.03. The van der Waals surface area contributed by atoms with Gasteiger partial charge in [0.05, 0.1) is 6.54 Å². The Morgan fingerprint density at radius 1 is 1.30 bits per heavy atom. The Hall–Kier alpha value is -1.09. The minimum atomic E-state index is 0.277. The van der Waals surface area contributed by atoms with Crippen LogP contribution in [0, 0.1) is 13.8 Å². The lowest BCUT2D eigenvalue weighted by Crippen LogP contribution is -2.40. The van der Waals surface area contributed by atoms with Crippen LogP contribution in [0.15, 0.2) is 6.07 Å². The summed E-state index contributed by atoms with van der Waals surface area (Å²) in [6.45, 7) is 7.82. The van der Waals surface area contributed by atoms with Gasteiger partial charge in [-0.2, -0.15) is 0 Å². The summed E-state index contributed by atoms with van der Waals surface area (Å²) in [5, 5.41) is 0. The van der Waals surface area contributed by atoms with Gasteiger partial charge in [0.25, 0.3) is 0 Å². The van der Waals surface area contributed by atoms with E-state index in [1.807, 2.05) is 20.0 Å². The maximum Gasteiger partial charge on any atom is 0.178 e. The van der Waals surface area contributed by atoms with Crippen LogP contribution in [0.3, 0.4) is 0 Å². The van der Waals surface area contributed by atoms with Gasteiger partial charge in [-0.05, 0) is 39.3 Å². The topological polar surface area (TPSA) is 25.2 Å². The van der Waals surface area contributed by atoms with E-state index in [0.29, 0.717) is 12.6 Å². The van der Waals surface area contributed by atoms with Crippen molar-refractivity contribution in [1.82, 2.24) is 9.47 Å². The molecule has 112 valence electrons. The number of aryl methyl sites for hydroxylation is 1. The maximum atomic E-state index is 12.6. The molecular formula is C17H28N2O. The van der Waals surface area contributed by atoms with Crippen LogP contribution in [0.5, 0.6) is 0 Å². The second kappa shape index (κ2) is 6.57. The van der Waals surface area contributed by atoms with Gasteiger partial charge in [0.1, 0.15) is 0 Å². The van der Waals surface area contributed by atoms with Crippen molar-refractivity contribution in [3.8, 4) is 0 Å². The van der Waals surface area contributed by atoms with Gasteiger partial charge < -0.3 is 4.57 Å². The predicted molar refractivity (Wildman–Crippen MR) is 83.3 cm³/mol. The van der Waals surface area contributed by atoms with Crippen LogP contribution < -0.4 is 0 Å². The van der Waals surface area contributed by atoms with Crippen molar-refractivity contribution in [3.05, 3.63) is 23.0 Å². The zero-order valence-electron chi connectivity index (χ0n) is 13.4. The standard InChI is InChI=1S/C17H28N2O/c1-5-19(15-9-7-6-8-10-15)12-17(20)16-11-13(2)18(4)14(16)3/h11,15H,5-10,12H2,1-4H3. The van der Waals surface area contributed by atoms with Gasteiger partial charge in [-0.1, -0.05) is 26.2 Å². The molecule has 1 saturated carbocycles. The quantitative estimate of drug-likeness (QED) is 0.769. The lowest BCUT2D eigenvalue weighted by Gasteiger charge is -2.32. The van der Waals surface area contributed by atoms with E-state index in [1.165, 1.54) is 32.1 Å². The second-order valence-corrected chi connectivity index (χ2v) is 6.12. The first-order chi connectivity index (χ1) is 9.54. The van der Waals surface area contributed by atoms with Crippen molar-refractivity contribution >= 4 is 5.78 Å². The van der Waals surface area contributed by atoms with Gasteiger partial charge in [0.15, 0.2) is 5.78 Å². The largest absolute Gasteiger partial charge is 0.351 e. The van der Waals surface area contributed by atoms with E-state index in [1.54, 1.807) is 0 Å². The summed E-state index contributed by atoms with van der Waals surface area (Å²) < 4.78 is 2.10. The van der Waals surface area contributed by atoms with Gasteiger partial charge in [-0.25, -0.2) is 0 Å². The van der Waals surface area contributed by atoms with Crippen LogP contribution >= 0.6 is 0 Å². The third-order valence-electron chi connectivity index (χ3n) is 4.92. The molecule has 0 atom stereocenters. The van der Waals surface area contributed by atoms with Gasteiger partial charge in [-0.3, -0.25) is 9.69 Å². The highest BCUT2D eigenvalue weighted by Crippen LogP contribution is 2.23. The molecular weight excluding hydrogens is 248 g/mol. The molecule has 0 bridgehead atoms. The molecule has 0 saturated heterocycles. The zero-order chi connectivity index (χ0) is 14.7. The fourth-order valence-corrected chi connectivity index (χ4v) is 3.35. The number of hydrogen-bond donors (Lipinski definition) is 0. The van der Waals surface area contributed by atoms with Crippen LogP contribution in [-0.4, -0.2) is 34.4 Å². The van der Waals surface area contributed by atoms with E-state index in [4.69, 9.17) is 0 Å². The minimum Gasteiger partial charge on any atom is -0.351 e. The first kappa shape index (κ1) is 15.3. The average molecular weight is 276 g/mol. The van der Waals surface area contributed by atoms with Crippen molar-refractivity contribution in [1.29, 1.82) is 0 Å². The molecule has 1 fully saturated rings. The summed E-state index contributed by atoms with van der Waals surface area (Å²) in [5.74, 6) is 0.277. The third-order valence-corrected chi connectivity index (χ3v) is 4.92. The highest BCUT2D eigenvalue weighted by atomic mass is 16.1. The number of nitrogens with zero attached hydrogens (tertiary/aromatic N) is 2. The second-order valence-electron chi connectivity index (χ2n) is 6.12. The lowest BCUT2D eigenvalue weighted by atomic mass is 9.94. The van der Waals surface area contributed by atoms with E-state index in [0.717, 1.165) is 23.5 Å². The number of rotatable bonds is 5. The van der Waals surface area contributed by atoms with Crippen molar-refractivity contribution in [2.24, 2.45) is 7.05 Å². The summed E-state index contributed by atoms with van der Waals surface area (Å²) in [4.78, 5) is 15.0. The predicted octanol–water partition coefficient (Wildman–Crippen LogP) is 3.48. The highest BCUT2D eigenvalue weighted by Gasteiger charge is 2.23. The molecule has 3 heteroatoms. The van der Waals surface area contributed by atoms with Crippen LogP contribution in [0.25, 0.3) is 0 Å². The molecule has 1 aliphatic rings. The van der Waals surface area contributed by atoms with Crippen LogP contribution in [0.4, 0.5) is 0 Å². The first-order valence-corrected chi connectivity index (χ1v) is 7.94. The van der Waals surface area contributed by atoms with Crippen molar-refractivity contribution in [2.45, 2.75) is 58.9 Å². The number of hydrogen-bond acceptors (Lipinski definition) is 2. The van der Waals surface area contributed by atoms with Gasteiger partial charge in [0, 0.05) is 30.0 Å². The summed E-state index contributed by atoms with van der Waals surface area (Å²) in [5.41, 5.74) is 3.15. The first-order valence-electron chi connectivity index (χ1n) is 7.94. The number of likely N-dealkylation sites (N-methyl/N-ethyl adjacent to an activating group) is 1. The molecule has 1 aliphatic carbocycles. The molecule has 1 aromatic heterocycles. The fourth-order valence-electron chi connectivity index (χ4n) is 3.35. The molecule has 0 aliphatic heterocycles. The van der Waals surface area contributed by atoms with Crippen LogP contribution in [0.2, 0.25) is 0 Å². The van der Waals surface area contributed by atoms with Crippen molar-refractivity contribution in [2.75, 3.05) is 13.1 Å². The number of aromatic nitrogens is 1. The molecule has 20 heavy (non-hydrogen) atoms. The monoisotopic (exact) mass is 276 g/mol. The summed E-state index contributed by atoms with van der Waals surface area (Å²) in [6.07, 6.45) is 6.51. The smallest absolute Gasteiger partial charge is 0.178 e. The molecule has 1 aromatic rings. The molecule has 3 nitrogen and oxygen atoms in total. The summed E-state index contributed by atoms with van der Waals surface area (Å²) >= 11 is 0. The Morgan fingerprint density at radius 2 is 1.95 bits per heavy atom. The summed E-state index contributed by atoms with van der Waals surface area (Å²) in [6, 6.07) is 2.65. The molecule has 0 spiro atoms. The van der Waals surface area contributed by atoms with Crippen LogP contribution in [0.1, 0.15) is 60.8 Å². The maximum absolute atomic E-state index is 12.6. The van der Waals surface area contributed by atoms with E-state index in [-0.39, 0.29) is 5.78 Å². The number of carbonyl (C=O) groups is 1. The van der Waals surface area contributed by atoms with Crippen molar-refractivity contribution < 1.29 is 4.79 Å². The Labute approximate surface area is 123 Å². The van der Waals surface area contributed by atoms with E-state index < -0.39 is 0 Å². The Bertz CT molecular complexity index is 470. The van der Waals surface area contributed by atoms with Crippen molar-refractivity contribution in [3.63, 3.8) is 0 Å². The average Bonchev–Trinajstić information content (AvgIpc) is 2.73. The Balaban J connectivity index is 2.06. The molecule has 0 N–H and O–H groups in total. The Morgan fingerprint density at radius 3 is 2.45 bits per heavy atom. The minimum absolute atomic E-state index is 0.277. The number of ketones is 1. The summed E-state index contributed by atoms with van der Waals surface area (Å²) in [7, 11) is 2.03. The fraction of sp³-hybridized carbons (Fsp3) is 0.706. The SMILES string of the molecule is CCN(CC(=O)c1cc(C)n(C)c1C)C1CCCCC1. The van der Waals surface area contributed by atoms with E-state index >= 15 is 0 Å². The molecule has 2 rings (SSSR count). The molecule has 0 amide bonds. The van der Waals surface area contributed by atoms with Gasteiger partial charge >= 0.3 is 0 Å². The molecule has 0 aromatic carbocycles. The van der Waals surface area contributed by atoms with E-state index in [2.05, 4.69) is 23.3 Å². The van der Waals surface area contributed by atoms with Gasteiger partial charge in [0.2, 0.25) is 0 Å². The zero-order valence-corrected chi connectivity index (χ0v) is 13.4. The van der Waals surface area contributed by atoms with E-state index in [9.17, 15) is 4.79 Å². The number of Topliss-reactive ketones (excluding diaryl/α,β-unsaturated/α-hetero) is 1. The third kappa shape index (κ3) is 3.14. The van der Waals surface area contributed by atoms with Gasteiger partial charge in [-0.15, -0.1) is 0 Å². The molecule has 0 radical (unpaired) electrons. The molecule has 1 heterocycles. The lowest BCUT2D eigenvalue weighted by molar-refractivity contribution is 0.0868. The number of carbonyl (C=O) groups excluding carboxylic acids is 1. The molecule has 0 unspecified atom stereocenters.